The highest BCUT2D eigenvalue weighted by molar-refractivity contribution is 5.99. The summed E-state index contributed by atoms with van der Waals surface area (Å²) in [5, 5.41) is 14.2. The molecule has 0 radical (unpaired) electrons. The van der Waals surface area contributed by atoms with Crippen LogP contribution >= 0.6 is 0 Å². The van der Waals surface area contributed by atoms with Gasteiger partial charge in [-0.2, -0.15) is 0 Å². The number of hydrogen-bond acceptors (Lipinski definition) is 4. The van der Waals surface area contributed by atoms with Gasteiger partial charge in [-0.15, -0.1) is 0 Å². The molecule has 2 fully saturated rings. The quantitative estimate of drug-likeness (QED) is 0.369. The lowest BCUT2D eigenvalue weighted by Crippen LogP contribution is -2.40. The van der Waals surface area contributed by atoms with Gasteiger partial charge in [0.1, 0.15) is 24.2 Å². The standard InChI is InChI=1S/C31H35N3O3/c35-26(20-33-16-12-23(13-17-33)25-11-10-22-6-1-2-7-24(22)18-25)21-37-30-9-5-8-28-27(30)19-29(32-28)31(36)34-14-3-4-15-34/h1-2,5-11,18-19,23,26,32,35H,3-4,12-17,20-21H2/t26-/m1/s1. The zero-order chi connectivity index (χ0) is 25.2. The van der Waals surface area contributed by atoms with E-state index in [1.165, 1.54) is 16.3 Å². The smallest absolute Gasteiger partial charge is 0.270 e. The second kappa shape index (κ2) is 10.6. The van der Waals surface area contributed by atoms with Crippen molar-refractivity contribution in [1.82, 2.24) is 14.8 Å². The first-order valence-electron chi connectivity index (χ1n) is 13.6. The summed E-state index contributed by atoms with van der Waals surface area (Å²) in [5.74, 6) is 1.31. The molecule has 0 bridgehead atoms. The number of hydrogen-bond donors (Lipinski definition) is 2. The number of amides is 1. The van der Waals surface area contributed by atoms with Crippen molar-refractivity contribution in [3.05, 3.63) is 78.0 Å². The Balaban J connectivity index is 1.02. The first kappa shape index (κ1) is 24.0. The van der Waals surface area contributed by atoms with E-state index >= 15 is 0 Å². The van der Waals surface area contributed by atoms with E-state index in [4.69, 9.17) is 4.74 Å². The van der Waals surface area contributed by atoms with Crippen LogP contribution in [-0.4, -0.2) is 71.2 Å². The third kappa shape index (κ3) is 5.22. The molecule has 3 heterocycles. The molecular formula is C31H35N3O3. The molecule has 0 saturated carbocycles. The van der Waals surface area contributed by atoms with Crippen molar-refractivity contribution in [2.75, 3.05) is 39.3 Å². The van der Waals surface area contributed by atoms with Gasteiger partial charge in [-0.3, -0.25) is 4.79 Å². The van der Waals surface area contributed by atoms with E-state index in [9.17, 15) is 9.90 Å². The molecule has 0 spiro atoms. The van der Waals surface area contributed by atoms with Crippen LogP contribution in [0.5, 0.6) is 5.75 Å². The third-order valence-corrected chi connectivity index (χ3v) is 7.98. The van der Waals surface area contributed by atoms with Gasteiger partial charge in [-0.1, -0.05) is 48.5 Å². The van der Waals surface area contributed by atoms with Crippen molar-refractivity contribution in [3.8, 4) is 5.75 Å². The summed E-state index contributed by atoms with van der Waals surface area (Å²) >= 11 is 0. The Kier molecular flexibility index (Phi) is 6.85. The Bertz CT molecular complexity index is 1380. The maximum Gasteiger partial charge on any atom is 0.270 e. The largest absolute Gasteiger partial charge is 0.490 e. The highest BCUT2D eigenvalue weighted by Crippen LogP contribution is 2.31. The highest BCUT2D eigenvalue weighted by atomic mass is 16.5. The van der Waals surface area contributed by atoms with Crippen LogP contribution in [-0.2, 0) is 0 Å². The molecule has 192 valence electrons. The maximum atomic E-state index is 12.8. The van der Waals surface area contributed by atoms with Gasteiger partial charge < -0.3 is 24.6 Å². The molecule has 2 aliphatic rings. The second-order valence-corrected chi connectivity index (χ2v) is 10.5. The molecule has 2 aliphatic heterocycles. The molecule has 6 rings (SSSR count). The molecule has 37 heavy (non-hydrogen) atoms. The van der Waals surface area contributed by atoms with Gasteiger partial charge in [0.05, 0.1) is 0 Å². The molecule has 2 N–H and O–H groups in total. The molecule has 2 saturated heterocycles. The lowest BCUT2D eigenvalue weighted by atomic mass is 9.88. The van der Waals surface area contributed by atoms with E-state index in [1.807, 2.05) is 29.2 Å². The van der Waals surface area contributed by atoms with Crippen LogP contribution in [0.4, 0.5) is 0 Å². The summed E-state index contributed by atoms with van der Waals surface area (Å²) in [5.41, 5.74) is 2.90. The van der Waals surface area contributed by atoms with Gasteiger partial charge in [0.15, 0.2) is 0 Å². The summed E-state index contributed by atoms with van der Waals surface area (Å²) in [7, 11) is 0. The topological polar surface area (TPSA) is 68.8 Å². The number of nitrogens with one attached hydrogen (secondary N) is 1. The lowest BCUT2D eigenvalue weighted by Gasteiger charge is -2.33. The number of rotatable bonds is 7. The fourth-order valence-corrected chi connectivity index (χ4v) is 5.91. The summed E-state index contributed by atoms with van der Waals surface area (Å²) in [6.07, 6.45) is 3.76. The molecule has 4 aromatic rings. The van der Waals surface area contributed by atoms with Crippen molar-refractivity contribution in [3.63, 3.8) is 0 Å². The van der Waals surface area contributed by atoms with Crippen LogP contribution in [0.15, 0.2) is 66.7 Å². The number of aliphatic hydroxyl groups excluding tert-OH is 1. The van der Waals surface area contributed by atoms with E-state index in [-0.39, 0.29) is 12.5 Å². The number of aromatic nitrogens is 1. The number of H-pyrrole nitrogens is 1. The van der Waals surface area contributed by atoms with Crippen molar-refractivity contribution in [1.29, 1.82) is 0 Å². The summed E-state index contributed by atoms with van der Waals surface area (Å²) in [6.45, 7) is 4.43. The second-order valence-electron chi connectivity index (χ2n) is 10.5. The molecule has 1 amide bonds. The van der Waals surface area contributed by atoms with Crippen LogP contribution in [0.25, 0.3) is 21.7 Å². The monoisotopic (exact) mass is 497 g/mol. The number of β-amino-alcohol motifs (C(OH)–C–C–N with tert-alkyl or cyclic N) is 1. The summed E-state index contributed by atoms with van der Waals surface area (Å²) in [4.78, 5) is 20.3. The first-order valence-corrected chi connectivity index (χ1v) is 13.6. The lowest BCUT2D eigenvalue weighted by molar-refractivity contribution is 0.0599. The Morgan fingerprint density at radius 1 is 0.946 bits per heavy atom. The van der Waals surface area contributed by atoms with Gasteiger partial charge in [0, 0.05) is 30.5 Å². The summed E-state index contributed by atoms with van der Waals surface area (Å²) < 4.78 is 6.05. The molecule has 0 unspecified atom stereocenters. The number of benzene rings is 3. The van der Waals surface area contributed by atoms with Gasteiger partial charge >= 0.3 is 0 Å². The number of aromatic amines is 1. The SMILES string of the molecule is O=C(c1cc2c(OC[C@H](O)CN3CCC(c4ccc5ccccc5c4)CC3)cccc2[nH]1)N1CCCC1. The third-order valence-electron chi connectivity index (χ3n) is 7.98. The molecule has 6 nitrogen and oxygen atoms in total. The number of fused-ring (bicyclic) bond motifs is 2. The number of carbonyl (C=O) groups excluding carboxylic acids is 1. The molecule has 6 heteroatoms. The van der Waals surface area contributed by atoms with Gasteiger partial charge in [-0.25, -0.2) is 0 Å². The molecule has 0 aliphatic carbocycles. The normalized spacial score (nSPS) is 18.0. The van der Waals surface area contributed by atoms with E-state index < -0.39 is 6.10 Å². The van der Waals surface area contributed by atoms with E-state index in [0.717, 1.165) is 62.8 Å². The van der Waals surface area contributed by atoms with E-state index in [2.05, 4.69) is 52.3 Å². The van der Waals surface area contributed by atoms with Crippen LogP contribution < -0.4 is 4.74 Å². The average Bonchev–Trinajstić information content (AvgIpc) is 3.63. The number of aliphatic hydroxyl groups is 1. The van der Waals surface area contributed by atoms with Crippen molar-refractivity contribution in [2.24, 2.45) is 0 Å². The number of likely N-dealkylation sites (tertiary alicyclic amines) is 2. The average molecular weight is 498 g/mol. The van der Waals surface area contributed by atoms with Crippen LogP contribution in [0, 0.1) is 0 Å². The zero-order valence-corrected chi connectivity index (χ0v) is 21.2. The molecule has 3 aromatic carbocycles. The predicted octanol–water partition coefficient (Wildman–Crippen LogP) is 5.18. The fraction of sp³-hybridized carbons (Fsp3) is 0.387. The fourth-order valence-electron chi connectivity index (χ4n) is 5.91. The van der Waals surface area contributed by atoms with E-state index in [0.29, 0.717) is 23.9 Å². The van der Waals surface area contributed by atoms with Gasteiger partial charge in [-0.05, 0) is 79.2 Å². The predicted molar refractivity (Wildman–Crippen MR) is 147 cm³/mol. The van der Waals surface area contributed by atoms with Crippen LogP contribution in [0.3, 0.4) is 0 Å². The van der Waals surface area contributed by atoms with Crippen LogP contribution in [0.2, 0.25) is 0 Å². The maximum absolute atomic E-state index is 12.8. The van der Waals surface area contributed by atoms with Crippen LogP contribution in [0.1, 0.15) is 47.7 Å². The van der Waals surface area contributed by atoms with Crippen molar-refractivity contribution in [2.45, 2.75) is 37.7 Å². The van der Waals surface area contributed by atoms with E-state index in [1.54, 1.807) is 0 Å². The number of carbonyl (C=O) groups is 1. The molecule has 1 atom stereocenters. The zero-order valence-electron chi connectivity index (χ0n) is 21.2. The molecule has 1 aromatic heterocycles. The van der Waals surface area contributed by atoms with Crippen molar-refractivity contribution < 1.29 is 14.6 Å². The highest BCUT2D eigenvalue weighted by Gasteiger charge is 2.24. The van der Waals surface area contributed by atoms with Crippen molar-refractivity contribution >= 4 is 27.6 Å². The Morgan fingerprint density at radius 3 is 2.54 bits per heavy atom. The number of piperidine rings is 1. The Hall–Kier alpha value is -3.35. The minimum atomic E-state index is -0.572. The summed E-state index contributed by atoms with van der Waals surface area (Å²) in [6, 6.07) is 23.0. The molecular weight excluding hydrogens is 462 g/mol. The number of ether oxygens (including phenoxy) is 1. The Labute approximate surface area is 217 Å². The van der Waals surface area contributed by atoms with Gasteiger partial charge in [0.25, 0.3) is 5.91 Å². The minimum absolute atomic E-state index is 0.0479. The minimum Gasteiger partial charge on any atom is -0.490 e. The van der Waals surface area contributed by atoms with Gasteiger partial charge in [0.2, 0.25) is 0 Å². The first-order chi connectivity index (χ1) is 18.1. The number of nitrogens with zero attached hydrogens (tertiary/aromatic N) is 2. The Morgan fingerprint density at radius 2 is 1.73 bits per heavy atom.